The van der Waals surface area contributed by atoms with Crippen molar-refractivity contribution in [3.8, 4) is 11.5 Å². The minimum Gasteiger partial charge on any atom is -0.497 e. The lowest BCUT2D eigenvalue weighted by Crippen LogP contribution is -2.30. The Bertz CT molecular complexity index is 771. The Morgan fingerprint density at radius 1 is 0.862 bits per heavy atom. The van der Waals surface area contributed by atoms with Crippen molar-refractivity contribution in [1.82, 2.24) is 4.90 Å². The fraction of sp³-hybridized carbons (Fsp3) is 0.455. The van der Waals surface area contributed by atoms with Gasteiger partial charge in [0.15, 0.2) is 0 Å². The fourth-order valence-corrected chi connectivity index (χ4v) is 4.94. The van der Waals surface area contributed by atoms with Crippen molar-refractivity contribution in [2.45, 2.75) is 32.1 Å². The third-order valence-electron chi connectivity index (χ3n) is 4.91. The number of benzene rings is 2. The average molecular weight is 421 g/mol. The van der Waals surface area contributed by atoms with Gasteiger partial charge in [-0.25, -0.2) is 0 Å². The first kappa shape index (κ1) is 23.4. The summed E-state index contributed by atoms with van der Waals surface area (Å²) in [6.45, 7) is 3.51. The molecule has 1 atom stereocenters. The van der Waals surface area contributed by atoms with Crippen LogP contribution in [0.2, 0.25) is 0 Å². The zero-order valence-corrected chi connectivity index (χ0v) is 18.9. The molecule has 0 bridgehead atoms. The van der Waals surface area contributed by atoms with Crippen LogP contribution >= 0.6 is 7.60 Å². The van der Waals surface area contributed by atoms with E-state index in [4.69, 9.17) is 18.5 Å². The summed E-state index contributed by atoms with van der Waals surface area (Å²) in [4.78, 5) is 2.17. The molecule has 0 N–H and O–H groups in total. The van der Waals surface area contributed by atoms with Gasteiger partial charge in [-0.15, -0.1) is 0 Å². The van der Waals surface area contributed by atoms with Gasteiger partial charge < -0.3 is 18.5 Å². The van der Waals surface area contributed by atoms with Crippen LogP contribution in [0, 0.1) is 0 Å². The zero-order chi connectivity index (χ0) is 21.3. The van der Waals surface area contributed by atoms with E-state index in [1.54, 1.807) is 14.2 Å². The predicted octanol–water partition coefficient (Wildman–Crippen LogP) is 5.49. The Kier molecular flexibility index (Phi) is 9.18. The van der Waals surface area contributed by atoms with Crippen LogP contribution in [0.25, 0.3) is 0 Å². The van der Waals surface area contributed by atoms with E-state index >= 15 is 0 Å². The van der Waals surface area contributed by atoms with Gasteiger partial charge >= 0.3 is 7.60 Å². The molecule has 160 valence electrons. The molecule has 6 nitrogen and oxygen atoms in total. The predicted molar refractivity (Wildman–Crippen MR) is 116 cm³/mol. The van der Waals surface area contributed by atoms with Crippen molar-refractivity contribution in [2.24, 2.45) is 0 Å². The van der Waals surface area contributed by atoms with Crippen LogP contribution in [0.15, 0.2) is 48.5 Å². The standard InChI is InChI=1S/C22H32NO5P/c1-6-7-16-23(17-18-8-12-20(25-2)13-9-18)22(29(24,27-4)28-5)19-10-14-21(26-3)15-11-19/h8-15,22H,6-7,16-17H2,1-5H3. The van der Waals surface area contributed by atoms with Gasteiger partial charge in [0.05, 0.1) is 14.2 Å². The molecule has 0 amide bonds. The number of unbranched alkanes of at least 4 members (excludes halogenated alkanes) is 1. The van der Waals surface area contributed by atoms with E-state index in [1.807, 2.05) is 48.5 Å². The van der Waals surface area contributed by atoms with Gasteiger partial charge in [-0.05, 0) is 48.4 Å². The second kappa shape index (κ2) is 11.4. The van der Waals surface area contributed by atoms with Crippen LogP contribution < -0.4 is 9.47 Å². The second-order valence-electron chi connectivity index (χ2n) is 6.72. The molecule has 2 aromatic carbocycles. The van der Waals surface area contributed by atoms with Gasteiger partial charge in [0.1, 0.15) is 17.3 Å². The van der Waals surface area contributed by atoms with Crippen molar-refractivity contribution >= 4 is 7.60 Å². The van der Waals surface area contributed by atoms with Crippen LogP contribution in [0.3, 0.4) is 0 Å². The highest BCUT2D eigenvalue weighted by molar-refractivity contribution is 7.54. The summed E-state index contributed by atoms with van der Waals surface area (Å²) >= 11 is 0. The van der Waals surface area contributed by atoms with Crippen molar-refractivity contribution in [2.75, 3.05) is 35.0 Å². The van der Waals surface area contributed by atoms with Gasteiger partial charge in [-0.2, -0.15) is 0 Å². The van der Waals surface area contributed by atoms with E-state index < -0.39 is 13.4 Å². The molecule has 1 unspecified atom stereocenters. The summed E-state index contributed by atoms with van der Waals surface area (Å²) < 4.78 is 35.0. The molecule has 0 heterocycles. The van der Waals surface area contributed by atoms with Gasteiger partial charge in [-0.1, -0.05) is 37.6 Å². The van der Waals surface area contributed by atoms with Crippen LogP contribution in [0.4, 0.5) is 0 Å². The van der Waals surface area contributed by atoms with Gasteiger partial charge in [-0.3, -0.25) is 9.46 Å². The third kappa shape index (κ3) is 6.06. The first-order valence-electron chi connectivity index (χ1n) is 9.73. The molecule has 0 fully saturated rings. The van der Waals surface area contributed by atoms with Crippen molar-refractivity contribution in [3.05, 3.63) is 59.7 Å². The van der Waals surface area contributed by atoms with E-state index in [9.17, 15) is 4.57 Å². The fourth-order valence-electron chi connectivity index (χ4n) is 3.26. The van der Waals surface area contributed by atoms with Gasteiger partial charge in [0.2, 0.25) is 0 Å². The van der Waals surface area contributed by atoms with E-state index in [0.717, 1.165) is 42.0 Å². The molecule has 7 heteroatoms. The minimum absolute atomic E-state index is 0.531. The number of methoxy groups -OCH3 is 2. The Morgan fingerprint density at radius 3 is 1.83 bits per heavy atom. The zero-order valence-electron chi connectivity index (χ0n) is 18.0. The Labute approximate surface area is 174 Å². The lowest BCUT2D eigenvalue weighted by atomic mass is 10.1. The lowest BCUT2D eigenvalue weighted by molar-refractivity contribution is 0.180. The van der Waals surface area contributed by atoms with Gasteiger partial charge in [0.25, 0.3) is 0 Å². The molecule has 0 saturated heterocycles. The Balaban J connectivity index is 2.44. The van der Waals surface area contributed by atoms with E-state index in [0.29, 0.717) is 6.54 Å². The number of hydrogen-bond acceptors (Lipinski definition) is 6. The lowest BCUT2D eigenvalue weighted by Gasteiger charge is -2.35. The summed E-state index contributed by atoms with van der Waals surface area (Å²) in [7, 11) is 2.72. The number of ether oxygens (including phenoxy) is 2. The summed E-state index contributed by atoms with van der Waals surface area (Å²) in [6.07, 6.45) is 1.99. The van der Waals surface area contributed by atoms with E-state index in [-0.39, 0.29) is 0 Å². The second-order valence-corrected chi connectivity index (χ2v) is 9.02. The normalized spacial score (nSPS) is 12.8. The van der Waals surface area contributed by atoms with Crippen LogP contribution in [-0.4, -0.2) is 39.9 Å². The van der Waals surface area contributed by atoms with Gasteiger partial charge in [0, 0.05) is 20.8 Å². The molecule has 0 aliphatic carbocycles. The molecule has 0 saturated carbocycles. The first-order chi connectivity index (χ1) is 14.0. The maximum absolute atomic E-state index is 13.6. The Hall–Kier alpha value is -1.85. The highest BCUT2D eigenvalue weighted by Gasteiger charge is 2.39. The SMILES string of the molecule is CCCCN(Cc1ccc(OC)cc1)C(c1ccc(OC)cc1)P(=O)(OC)OC. The molecule has 0 aliphatic heterocycles. The van der Waals surface area contributed by atoms with Crippen LogP contribution in [-0.2, 0) is 20.2 Å². The maximum atomic E-state index is 13.6. The summed E-state index contributed by atoms with van der Waals surface area (Å²) in [5.41, 5.74) is 1.96. The third-order valence-corrected chi connectivity index (χ3v) is 7.15. The highest BCUT2D eigenvalue weighted by atomic mass is 31.2. The molecule has 29 heavy (non-hydrogen) atoms. The molecule has 0 spiro atoms. The number of nitrogens with zero attached hydrogens (tertiary/aromatic N) is 1. The smallest absolute Gasteiger partial charge is 0.351 e. The van der Waals surface area contributed by atoms with Crippen molar-refractivity contribution in [3.63, 3.8) is 0 Å². The highest BCUT2D eigenvalue weighted by Crippen LogP contribution is 2.61. The van der Waals surface area contributed by atoms with Crippen LogP contribution in [0.5, 0.6) is 11.5 Å². The molecule has 0 radical (unpaired) electrons. The molecular formula is C22H32NO5P. The summed E-state index contributed by atoms with van der Waals surface area (Å²) in [5, 5.41) is 0. The van der Waals surface area contributed by atoms with E-state index in [2.05, 4.69) is 11.8 Å². The average Bonchev–Trinajstić information content (AvgIpc) is 2.78. The molecule has 2 aromatic rings. The Morgan fingerprint density at radius 2 is 1.38 bits per heavy atom. The van der Waals surface area contributed by atoms with E-state index in [1.165, 1.54) is 14.2 Å². The molecule has 2 rings (SSSR count). The molecular weight excluding hydrogens is 389 g/mol. The van der Waals surface area contributed by atoms with Crippen molar-refractivity contribution in [1.29, 1.82) is 0 Å². The summed E-state index contributed by atoms with van der Waals surface area (Å²) in [5.74, 6) is 1.02. The summed E-state index contributed by atoms with van der Waals surface area (Å²) in [6, 6.07) is 15.5. The van der Waals surface area contributed by atoms with Crippen molar-refractivity contribution < 1.29 is 23.1 Å². The number of rotatable bonds is 12. The topological polar surface area (TPSA) is 57.2 Å². The largest absolute Gasteiger partial charge is 0.497 e. The quantitative estimate of drug-likeness (QED) is 0.423. The maximum Gasteiger partial charge on any atom is 0.351 e. The molecule has 0 aliphatic rings. The molecule has 0 aromatic heterocycles. The monoisotopic (exact) mass is 421 g/mol. The number of hydrogen-bond donors (Lipinski definition) is 0. The minimum atomic E-state index is -3.42. The van der Waals surface area contributed by atoms with Crippen LogP contribution in [0.1, 0.15) is 36.7 Å². The first-order valence-corrected chi connectivity index (χ1v) is 11.3.